The van der Waals surface area contributed by atoms with Gasteiger partial charge in [0.05, 0.1) is 23.6 Å². The van der Waals surface area contributed by atoms with Crippen molar-refractivity contribution in [2.75, 3.05) is 12.3 Å². The lowest BCUT2D eigenvalue weighted by molar-refractivity contribution is 0.271. The largest absolute Gasteiger partial charge is 0.493 e. The summed E-state index contributed by atoms with van der Waals surface area (Å²) >= 11 is 0. The first kappa shape index (κ1) is 22.9. The maximum atomic E-state index is 8.17. The molecule has 172 valence electrons. The fraction of sp³-hybridized carbons (Fsp3) is 0.143. The van der Waals surface area contributed by atoms with E-state index in [0.29, 0.717) is 40.8 Å². The van der Waals surface area contributed by atoms with E-state index in [4.69, 9.17) is 26.4 Å². The van der Waals surface area contributed by atoms with Crippen LogP contribution in [0.2, 0.25) is 0 Å². The normalized spacial score (nSPS) is 10.8. The summed E-state index contributed by atoms with van der Waals surface area (Å²) in [6.45, 7) is 4.86. The summed E-state index contributed by atoms with van der Waals surface area (Å²) in [5.74, 6) is 2.59. The summed E-state index contributed by atoms with van der Waals surface area (Å²) in [5.41, 5.74) is 16.2. The Hall–Kier alpha value is -4.32. The highest BCUT2D eigenvalue weighted by Gasteiger charge is 2.17. The van der Waals surface area contributed by atoms with E-state index in [1.54, 1.807) is 6.20 Å². The molecule has 0 unspecified atom stereocenters. The number of nitrogen functional groups attached to an aromatic ring is 2. The molecule has 0 aliphatic heterocycles. The minimum Gasteiger partial charge on any atom is -0.493 e. The van der Waals surface area contributed by atoms with E-state index >= 15 is 0 Å². The number of pyridine rings is 1. The third-order valence-electron chi connectivity index (χ3n) is 5.24. The molecule has 0 aliphatic carbocycles. The SMILES string of the molecule is CC(C)COc1ccc(-c2ncc(-c3ccc(Oc4ccccc4)cc3)c(C(=N)N)c2N)cc1. The van der Waals surface area contributed by atoms with Crippen molar-refractivity contribution in [3.63, 3.8) is 0 Å². The van der Waals surface area contributed by atoms with Crippen LogP contribution in [0.5, 0.6) is 17.2 Å². The Morgan fingerprint density at radius 3 is 2.06 bits per heavy atom. The van der Waals surface area contributed by atoms with Crippen LogP contribution < -0.4 is 20.9 Å². The summed E-state index contributed by atoms with van der Waals surface area (Å²) in [5, 5.41) is 8.17. The minimum atomic E-state index is -0.113. The van der Waals surface area contributed by atoms with Crippen molar-refractivity contribution in [3.8, 4) is 39.6 Å². The molecule has 5 N–H and O–H groups in total. The van der Waals surface area contributed by atoms with Crippen LogP contribution in [0.3, 0.4) is 0 Å². The van der Waals surface area contributed by atoms with Gasteiger partial charge in [0.1, 0.15) is 23.1 Å². The van der Waals surface area contributed by atoms with E-state index in [9.17, 15) is 0 Å². The maximum Gasteiger partial charge on any atom is 0.127 e. The first-order valence-corrected chi connectivity index (χ1v) is 11.1. The molecule has 0 bridgehead atoms. The fourth-order valence-corrected chi connectivity index (χ4v) is 3.56. The Morgan fingerprint density at radius 1 is 0.853 bits per heavy atom. The Balaban J connectivity index is 1.62. The van der Waals surface area contributed by atoms with Gasteiger partial charge in [-0.1, -0.05) is 44.2 Å². The van der Waals surface area contributed by atoms with Crippen LogP contribution in [-0.2, 0) is 0 Å². The quantitative estimate of drug-likeness (QED) is 0.221. The topological polar surface area (TPSA) is 107 Å². The zero-order chi connectivity index (χ0) is 24.1. The summed E-state index contributed by atoms with van der Waals surface area (Å²) in [6.07, 6.45) is 1.71. The van der Waals surface area contributed by atoms with Crippen molar-refractivity contribution >= 4 is 11.5 Å². The molecule has 3 aromatic carbocycles. The van der Waals surface area contributed by atoms with Crippen LogP contribution in [0.15, 0.2) is 85.1 Å². The highest BCUT2D eigenvalue weighted by atomic mass is 16.5. The molecule has 0 saturated heterocycles. The lowest BCUT2D eigenvalue weighted by Crippen LogP contribution is -2.16. The predicted molar refractivity (Wildman–Crippen MR) is 137 cm³/mol. The molecule has 1 heterocycles. The molecule has 0 saturated carbocycles. The number of hydrogen-bond acceptors (Lipinski definition) is 5. The lowest BCUT2D eigenvalue weighted by atomic mass is 9.96. The second-order valence-corrected chi connectivity index (χ2v) is 8.39. The molecule has 0 aliphatic rings. The number of para-hydroxylation sites is 1. The zero-order valence-corrected chi connectivity index (χ0v) is 19.3. The van der Waals surface area contributed by atoms with Gasteiger partial charge in [-0.25, -0.2) is 0 Å². The van der Waals surface area contributed by atoms with Crippen molar-refractivity contribution in [2.45, 2.75) is 13.8 Å². The van der Waals surface area contributed by atoms with Crippen molar-refractivity contribution in [1.82, 2.24) is 4.98 Å². The third-order valence-corrected chi connectivity index (χ3v) is 5.24. The van der Waals surface area contributed by atoms with Crippen molar-refractivity contribution < 1.29 is 9.47 Å². The molecule has 4 aromatic rings. The molecule has 1 aromatic heterocycles. The van der Waals surface area contributed by atoms with Gasteiger partial charge in [-0.3, -0.25) is 10.4 Å². The molecule has 0 radical (unpaired) electrons. The average molecular weight is 453 g/mol. The van der Waals surface area contributed by atoms with E-state index in [1.807, 2.05) is 78.9 Å². The van der Waals surface area contributed by atoms with Gasteiger partial charge in [0.15, 0.2) is 0 Å². The second-order valence-electron chi connectivity index (χ2n) is 8.39. The Bertz CT molecular complexity index is 1270. The number of ether oxygens (including phenoxy) is 2. The van der Waals surface area contributed by atoms with E-state index < -0.39 is 0 Å². The molecule has 0 spiro atoms. The zero-order valence-electron chi connectivity index (χ0n) is 19.3. The van der Waals surface area contributed by atoms with Gasteiger partial charge in [-0.15, -0.1) is 0 Å². The van der Waals surface area contributed by atoms with Gasteiger partial charge in [-0.2, -0.15) is 0 Å². The lowest BCUT2D eigenvalue weighted by Gasteiger charge is -2.15. The second kappa shape index (κ2) is 10.1. The Labute approximate surface area is 199 Å². The van der Waals surface area contributed by atoms with Crippen molar-refractivity contribution in [2.24, 2.45) is 11.7 Å². The number of nitrogens with two attached hydrogens (primary N) is 2. The molecular weight excluding hydrogens is 424 g/mol. The molecule has 4 rings (SSSR count). The number of aromatic nitrogens is 1. The fourth-order valence-electron chi connectivity index (χ4n) is 3.56. The molecule has 6 heteroatoms. The number of hydrogen-bond donors (Lipinski definition) is 3. The van der Waals surface area contributed by atoms with Crippen LogP contribution in [0.4, 0.5) is 5.69 Å². The third kappa shape index (κ3) is 5.18. The molecule has 6 nitrogen and oxygen atoms in total. The summed E-state index contributed by atoms with van der Waals surface area (Å²) in [6, 6.07) is 24.7. The number of rotatable bonds is 8. The number of anilines is 1. The van der Waals surface area contributed by atoms with Gasteiger partial charge in [-0.05, 0) is 60.0 Å². The van der Waals surface area contributed by atoms with Crippen LogP contribution >= 0.6 is 0 Å². The molecule has 0 fully saturated rings. The highest BCUT2D eigenvalue weighted by Crippen LogP contribution is 2.35. The monoisotopic (exact) mass is 452 g/mol. The number of benzene rings is 3. The van der Waals surface area contributed by atoms with E-state index in [1.165, 1.54) is 0 Å². The van der Waals surface area contributed by atoms with Gasteiger partial charge in [0, 0.05) is 17.3 Å². The van der Waals surface area contributed by atoms with Gasteiger partial charge < -0.3 is 20.9 Å². The van der Waals surface area contributed by atoms with E-state index in [-0.39, 0.29) is 5.84 Å². The van der Waals surface area contributed by atoms with E-state index in [2.05, 4.69) is 18.8 Å². The predicted octanol–water partition coefficient (Wildman–Crippen LogP) is 6.11. The van der Waals surface area contributed by atoms with Crippen molar-refractivity contribution in [3.05, 3.63) is 90.6 Å². The first-order chi connectivity index (χ1) is 16.4. The smallest absolute Gasteiger partial charge is 0.127 e. The molecular formula is C28H28N4O2. The number of nitrogens with zero attached hydrogens (tertiary/aromatic N) is 1. The van der Waals surface area contributed by atoms with Crippen LogP contribution in [0, 0.1) is 11.3 Å². The van der Waals surface area contributed by atoms with Crippen LogP contribution in [0.1, 0.15) is 19.4 Å². The molecule has 34 heavy (non-hydrogen) atoms. The summed E-state index contributed by atoms with van der Waals surface area (Å²) < 4.78 is 11.6. The van der Waals surface area contributed by atoms with Crippen LogP contribution in [-0.4, -0.2) is 17.4 Å². The molecule has 0 atom stereocenters. The number of amidine groups is 1. The number of nitrogens with one attached hydrogen (secondary N) is 1. The average Bonchev–Trinajstić information content (AvgIpc) is 2.84. The highest BCUT2D eigenvalue weighted by molar-refractivity contribution is 6.08. The van der Waals surface area contributed by atoms with Crippen LogP contribution in [0.25, 0.3) is 22.4 Å². The molecule has 0 amide bonds. The minimum absolute atomic E-state index is 0.113. The van der Waals surface area contributed by atoms with Crippen molar-refractivity contribution in [1.29, 1.82) is 5.41 Å². The van der Waals surface area contributed by atoms with Gasteiger partial charge in [0.25, 0.3) is 0 Å². The maximum absolute atomic E-state index is 8.17. The van der Waals surface area contributed by atoms with Gasteiger partial charge >= 0.3 is 0 Å². The standard InChI is InChI=1S/C28H28N4O2/c1-18(2)17-33-21-12-10-20(11-13-21)27-26(29)25(28(30)31)24(16-32-27)19-8-14-23(15-9-19)34-22-6-4-3-5-7-22/h3-16,18H,17,29H2,1-2H3,(H3,30,31). The summed E-state index contributed by atoms with van der Waals surface area (Å²) in [7, 11) is 0. The van der Waals surface area contributed by atoms with E-state index in [0.717, 1.165) is 22.6 Å². The summed E-state index contributed by atoms with van der Waals surface area (Å²) in [4.78, 5) is 4.61. The van der Waals surface area contributed by atoms with Gasteiger partial charge in [0.2, 0.25) is 0 Å². The first-order valence-electron chi connectivity index (χ1n) is 11.1. The Morgan fingerprint density at radius 2 is 1.44 bits per heavy atom. The Kier molecular flexibility index (Phi) is 6.78.